The lowest BCUT2D eigenvalue weighted by Crippen LogP contribution is -2.33. The number of rotatable bonds is 0. The Balaban J connectivity index is 0.000000791. The summed E-state index contributed by atoms with van der Waals surface area (Å²) in [6.45, 7) is 18.6. The molecule has 0 aliphatic carbocycles. The van der Waals surface area contributed by atoms with E-state index in [0.29, 0.717) is 17.4 Å². The van der Waals surface area contributed by atoms with Gasteiger partial charge < -0.3 is 4.74 Å². The van der Waals surface area contributed by atoms with Gasteiger partial charge in [-0.05, 0) is 16.7 Å². The first-order valence-electron chi connectivity index (χ1n) is 5.87. The quantitative estimate of drug-likeness (QED) is 0.571. The maximum Gasteiger partial charge on any atom is 0.0655 e. The van der Waals surface area contributed by atoms with E-state index in [1.807, 2.05) is 13.8 Å². The molecule has 0 aromatic heterocycles. The molecule has 0 amide bonds. The molecule has 1 nitrogen and oxygen atoms in total. The molecular formula is C13H28O. The summed E-state index contributed by atoms with van der Waals surface area (Å²) < 4.78 is 5.84. The molecule has 0 N–H and O–H groups in total. The van der Waals surface area contributed by atoms with Gasteiger partial charge in [0.25, 0.3) is 0 Å². The predicted octanol–water partition coefficient (Wildman–Crippen LogP) is 4.12. The molecule has 0 saturated carbocycles. The summed E-state index contributed by atoms with van der Waals surface area (Å²) in [5, 5.41) is 0. The van der Waals surface area contributed by atoms with Crippen LogP contribution in [0.2, 0.25) is 0 Å². The third kappa shape index (κ3) is 2.98. The van der Waals surface area contributed by atoms with Crippen molar-refractivity contribution in [2.75, 3.05) is 6.61 Å². The fraction of sp³-hybridized carbons (Fsp3) is 1.00. The summed E-state index contributed by atoms with van der Waals surface area (Å²) in [6.07, 6.45) is 0.424. The third-order valence-corrected chi connectivity index (χ3v) is 3.18. The van der Waals surface area contributed by atoms with Crippen molar-refractivity contribution in [2.45, 2.75) is 61.5 Å². The lowest BCUT2D eigenvalue weighted by Gasteiger charge is -2.32. The van der Waals surface area contributed by atoms with Crippen LogP contribution in [-0.4, -0.2) is 12.7 Å². The monoisotopic (exact) mass is 200 g/mol. The first-order valence-corrected chi connectivity index (χ1v) is 5.87. The van der Waals surface area contributed by atoms with Crippen molar-refractivity contribution in [3.05, 3.63) is 0 Å². The van der Waals surface area contributed by atoms with Crippen LogP contribution < -0.4 is 0 Å². The second-order valence-corrected chi connectivity index (χ2v) is 5.87. The second kappa shape index (κ2) is 4.65. The molecule has 86 valence electrons. The molecule has 0 bridgehead atoms. The van der Waals surface area contributed by atoms with E-state index in [4.69, 9.17) is 4.74 Å². The summed E-state index contributed by atoms with van der Waals surface area (Å²) in [7, 11) is 0. The van der Waals surface area contributed by atoms with E-state index in [9.17, 15) is 0 Å². The van der Waals surface area contributed by atoms with Gasteiger partial charge in [-0.1, -0.05) is 55.4 Å². The highest BCUT2D eigenvalue weighted by Gasteiger charge is 2.44. The molecule has 14 heavy (non-hydrogen) atoms. The van der Waals surface area contributed by atoms with Gasteiger partial charge >= 0.3 is 0 Å². The van der Waals surface area contributed by atoms with Crippen molar-refractivity contribution in [3.8, 4) is 0 Å². The fourth-order valence-electron chi connectivity index (χ4n) is 1.99. The van der Waals surface area contributed by atoms with Crippen molar-refractivity contribution < 1.29 is 4.74 Å². The molecular weight excluding hydrogens is 172 g/mol. The van der Waals surface area contributed by atoms with E-state index in [0.717, 1.165) is 6.61 Å². The fourth-order valence-corrected chi connectivity index (χ4v) is 1.99. The maximum atomic E-state index is 5.84. The smallest absolute Gasteiger partial charge is 0.0655 e. The third-order valence-electron chi connectivity index (χ3n) is 3.18. The molecule has 1 heteroatoms. The highest BCUT2D eigenvalue weighted by atomic mass is 16.5. The Bertz CT molecular complexity index is 165. The molecule has 0 spiro atoms. The number of hydrogen-bond acceptors (Lipinski definition) is 1. The Morgan fingerprint density at radius 2 is 1.57 bits per heavy atom. The molecule has 1 saturated heterocycles. The van der Waals surface area contributed by atoms with Crippen molar-refractivity contribution >= 4 is 0 Å². The second-order valence-electron chi connectivity index (χ2n) is 5.87. The molecule has 0 unspecified atom stereocenters. The van der Waals surface area contributed by atoms with Gasteiger partial charge in [0.05, 0.1) is 12.7 Å². The van der Waals surface area contributed by atoms with Crippen LogP contribution in [0.15, 0.2) is 0 Å². The van der Waals surface area contributed by atoms with Crippen LogP contribution >= 0.6 is 0 Å². The summed E-state index contributed by atoms with van der Waals surface area (Å²) in [6, 6.07) is 0. The van der Waals surface area contributed by atoms with Gasteiger partial charge in [-0.15, -0.1) is 0 Å². The van der Waals surface area contributed by atoms with Crippen LogP contribution in [0.3, 0.4) is 0 Å². The van der Waals surface area contributed by atoms with Crippen molar-refractivity contribution in [1.29, 1.82) is 0 Å². The lowest BCUT2D eigenvalue weighted by atomic mass is 9.73. The predicted molar refractivity (Wildman–Crippen MR) is 63.5 cm³/mol. The number of hydrogen-bond donors (Lipinski definition) is 0. The van der Waals surface area contributed by atoms with Gasteiger partial charge in [-0.25, -0.2) is 0 Å². The Morgan fingerprint density at radius 3 is 1.71 bits per heavy atom. The standard InChI is InChI=1S/C11H22O.C2H6/c1-8-9(10(2,3)4)12-7-11(8,5)6;1-2/h8-9H,7H2,1-6H3;1-2H3/t8-,9-;/m0./s1. The van der Waals surface area contributed by atoms with E-state index < -0.39 is 0 Å². The minimum atomic E-state index is 0.285. The molecule has 2 atom stereocenters. The Labute approximate surface area is 90.2 Å². The molecule has 0 aromatic carbocycles. The van der Waals surface area contributed by atoms with Crippen LogP contribution in [0, 0.1) is 16.7 Å². The molecule has 1 rings (SSSR count). The summed E-state index contributed by atoms with van der Waals surface area (Å²) >= 11 is 0. The van der Waals surface area contributed by atoms with Gasteiger partial charge in [0.15, 0.2) is 0 Å². The first-order chi connectivity index (χ1) is 6.25. The van der Waals surface area contributed by atoms with E-state index in [2.05, 4.69) is 41.5 Å². The zero-order chi connectivity index (χ0) is 11.6. The molecule has 1 aliphatic rings. The average molecular weight is 200 g/mol. The van der Waals surface area contributed by atoms with Crippen LogP contribution in [-0.2, 0) is 4.74 Å². The highest BCUT2D eigenvalue weighted by Crippen LogP contribution is 2.44. The SMILES string of the molecule is CC.C[C@H]1[C@@H](C(C)(C)C)OCC1(C)C. The van der Waals surface area contributed by atoms with Crippen molar-refractivity contribution in [2.24, 2.45) is 16.7 Å². The van der Waals surface area contributed by atoms with Crippen LogP contribution in [0.4, 0.5) is 0 Å². The Morgan fingerprint density at radius 1 is 1.14 bits per heavy atom. The van der Waals surface area contributed by atoms with E-state index in [1.165, 1.54) is 0 Å². The average Bonchev–Trinajstić information content (AvgIpc) is 2.30. The van der Waals surface area contributed by atoms with Gasteiger partial charge in [-0.2, -0.15) is 0 Å². The largest absolute Gasteiger partial charge is 0.377 e. The summed E-state index contributed by atoms with van der Waals surface area (Å²) in [4.78, 5) is 0. The maximum absolute atomic E-state index is 5.84. The van der Waals surface area contributed by atoms with Gasteiger partial charge in [-0.3, -0.25) is 0 Å². The summed E-state index contributed by atoms with van der Waals surface area (Å²) in [5.74, 6) is 0.664. The molecule has 0 radical (unpaired) electrons. The van der Waals surface area contributed by atoms with Crippen molar-refractivity contribution in [3.63, 3.8) is 0 Å². The van der Waals surface area contributed by atoms with E-state index in [1.54, 1.807) is 0 Å². The van der Waals surface area contributed by atoms with Crippen LogP contribution in [0.1, 0.15) is 55.4 Å². The molecule has 1 fully saturated rings. The highest BCUT2D eigenvalue weighted by molar-refractivity contribution is 4.92. The van der Waals surface area contributed by atoms with Crippen LogP contribution in [0.5, 0.6) is 0 Å². The van der Waals surface area contributed by atoms with Gasteiger partial charge in [0.2, 0.25) is 0 Å². The van der Waals surface area contributed by atoms with Crippen molar-refractivity contribution in [1.82, 2.24) is 0 Å². The minimum Gasteiger partial charge on any atom is -0.377 e. The van der Waals surface area contributed by atoms with E-state index >= 15 is 0 Å². The van der Waals surface area contributed by atoms with E-state index in [-0.39, 0.29) is 5.41 Å². The molecule has 0 aromatic rings. The van der Waals surface area contributed by atoms with Gasteiger partial charge in [0, 0.05) is 0 Å². The first kappa shape index (κ1) is 14.0. The molecule has 1 heterocycles. The molecule has 1 aliphatic heterocycles. The summed E-state index contributed by atoms with van der Waals surface area (Å²) in [5.41, 5.74) is 0.644. The normalized spacial score (nSPS) is 30.9. The zero-order valence-electron chi connectivity index (χ0n) is 11.3. The Hall–Kier alpha value is -0.0400. The zero-order valence-corrected chi connectivity index (χ0v) is 11.3. The minimum absolute atomic E-state index is 0.285. The van der Waals surface area contributed by atoms with Gasteiger partial charge in [0.1, 0.15) is 0 Å². The topological polar surface area (TPSA) is 9.23 Å². The lowest BCUT2D eigenvalue weighted by molar-refractivity contribution is 0.0105. The Kier molecular flexibility index (Phi) is 4.64. The number of ether oxygens (including phenoxy) is 1. The van der Waals surface area contributed by atoms with Crippen LogP contribution in [0.25, 0.3) is 0 Å².